The highest BCUT2D eigenvalue weighted by atomic mass is 35.5. The van der Waals surface area contributed by atoms with Crippen molar-refractivity contribution in [1.82, 2.24) is 4.90 Å². The van der Waals surface area contributed by atoms with Crippen molar-refractivity contribution in [2.45, 2.75) is 6.42 Å². The van der Waals surface area contributed by atoms with Crippen molar-refractivity contribution in [3.63, 3.8) is 0 Å². The molecule has 1 heterocycles. The smallest absolute Gasteiger partial charge is 0.254 e. The van der Waals surface area contributed by atoms with Gasteiger partial charge in [-0.2, -0.15) is 0 Å². The van der Waals surface area contributed by atoms with E-state index in [1.165, 1.54) is 11.1 Å². The maximum atomic E-state index is 12.9. The zero-order valence-electron chi connectivity index (χ0n) is 13.5. The minimum atomic E-state index is -0.0911. The standard InChI is InChI=1S/C20H17Cl2NO2/c21-16-3-1-2-13(7-16)20(25)23-9-14-6-12-4-5-17(22)8-18(12)19(14)15(10-23)11-24/h1-5,7-8,15,24H,6,9-11H2. The van der Waals surface area contributed by atoms with Crippen LogP contribution in [0.3, 0.4) is 0 Å². The molecule has 2 aromatic carbocycles. The summed E-state index contributed by atoms with van der Waals surface area (Å²) in [6.07, 6.45) is 0.803. The van der Waals surface area contributed by atoms with Gasteiger partial charge < -0.3 is 10.0 Å². The Balaban J connectivity index is 1.67. The van der Waals surface area contributed by atoms with Gasteiger partial charge >= 0.3 is 0 Å². The van der Waals surface area contributed by atoms with E-state index in [1.54, 1.807) is 29.2 Å². The number of benzene rings is 2. The third-order valence-electron chi connectivity index (χ3n) is 4.96. The Morgan fingerprint density at radius 2 is 1.96 bits per heavy atom. The number of fused-ring (bicyclic) bond motifs is 2. The topological polar surface area (TPSA) is 40.5 Å². The van der Waals surface area contributed by atoms with E-state index in [2.05, 4.69) is 0 Å². The van der Waals surface area contributed by atoms with Crippen LogP contribution in [0, 0.1) is 5.92 Å². The number of aliphatic hydroxyl groups excluding tert-OH is 1. The van der Waals surface area contributed by atoms with Gasteiger partial charge in [0.2, 0.25) is 0 Å². The molecular weight excluding hydrogens is 357 g/mol. The molecule has 128 valence electrons. The molecular formula is C20H17Cl2NO2. The molecule has 4 rings (SSSR count). The lowest BCUT2D eigenvalue weighted by atomic mass is 9.88. The Morgan fingerprint density at radius 3 is 2.72 bits per heavy atom. The molecule has 0 spiro atoms. The van der Waals surface area contributed by atoms with Crippen LogP contribution in [0.2, 0.25) is 10.0 Å². The third kappa shape index (κ3) is 2.97. The quantitative estimate of drug-likeness (QED) is 0.861. The first-order valence-electron chi connectivity index (χ1n) is 8.23. The zero-order valence-corrected chi connectivity index (χ0v) is 15.0. The van der Waals surface area contributed by atoms with E-state index in [0.29, 0.717) is 28.7 Å². The Morgan fingerprint density at radius 1 is 1.16 bits per heavy atom. The molecule has 0 saturated heterocycles. The van der Waals surface area contributed by atoms with Gasteiger partial charge in [-0.1, -0.05) is 35.3 Å². The summed E-state index contributed by atoms with van der Waals surface area (Å²) >= 11 is 12.2. The van der Waals surface area contributed by atoms with Gasteiger partial charge in [0.05, 0.1) is 6.61 Å². The molecule has 25 heavy (non-hydrogen) atoms. The molecule has 5 heteroatoms. The fraction of sp³-hybridized carbons (Fsp3) is 0.250. The van der Waals surface area contributed by atoms with Gasteiger partial charge in [-0.3, -0.25) is 4.79 Å². The minimum Gasteiger partial charge on any atom is -0.396 e. The van der Waals surface area contributed by atoms with Gasteiger partial charge in [0.15, 0.2) is 0 Å². The van der Waals surface area contributed by atoms with Crippen LogP contribution < -0.4 is 0 Å². The van der Waals surface area contributed by atoms with Crippen molar-refractivity contribution in [1.29, 1.82) is 0 Å². The number of hydrogen-bond acceptors (Lipinski definition) is 2. The van der Waals surface area contributed by atoms with Crippen molar-refractivity contribution < 1.29 is 9.90 Å². The first kappa shape index (κ1) is 16.6. The number of carbonyl (C=O) groups is 1. The monoisotopic (exact) mass is 373 g/mol. The summed E-state index contributed by atoms with van der Waals surface area (Å²) in [7, 11) is 0. The second-order valence-corrected chi connectivity index (χ2v) is 7.44. The third-order valence-corrected chi connectivity index (χ3v) is 5.43. The van der Waals surface area contributed by atoms with Crippen molar-refractivity contribution >= 4 is 34.7 Å². The maximum Gasteiger partial charge on any atom is 0.254 e. The molecule has 1 aliphatic heterocycles. The summed E-state index contributed by atoms with van der Waals surface area (Å²) in [6, 6.07) is 12.9. The van der Waals surface area contributed by atoms with Crippen LogP contribution in [0.1, 0.15) is 21.5 Å². The number of rotatable bonds is 2. The first-order chi connectivity index (χ1) is 12.1. The van der Waals surface area contributed by atoms with Crippen LogP contribution in [0.15, 0.2) is 48.0 Å². The lowest BCUT2D eigenvalue weighted by molar-refractivity contribution is 0.0729. The minimum absolute atomic E-state index is 0.00408. The predicted octanol–water partition coefficient (Wildman–Crippen LogP) is 4.07. The highest BCUT2D eigenvalue weighted by molar-refractivity contribution is 6.31. The average molecular weight is 374 g/mol. The van der Waals surface area contributed by atoms with E-state index in [-0.39, 0.29) is 18.4 Å². The molecule has 1 unspecified atom stereocenters. The molecule has 0 fully saturated rings. The van der Waals surface area contributed by atoms with Gasteiger partial charge in [-0.15, -0.1) is 0 Å². The van der Waals surface area contributed by atoms with E-state index >= 15 is 0 Å². The number of hydrogen-bond donors (Lipinski definition) is 1. The zero-order chi connectivity index (χ0) is 17.6. The molecule has 0 bridgehead atoms. The molecule has 1 amide bonds. The maximum absolute atomic E-state index is 12.9. The molecule has 3 nitrogen and oxygen atoms in total. The largest absolute Gasteiger partial charge is 0.396 e. The number of carbonyl (C=O) groups excluding carboxylic acids is 1. The highest BCUT2D eigenvalue weighted by Crippen LogP contribution is 2.42. The van der Waals surface area contributed by atoms with Gasteiger partial charge in [-0.25, -0.2) is 0 Å². The van der Waals surface area contributed by atoms with Crippen molar-refractivity contribution in [2.75, 3.05) is 19.7 Å². The van der Waals surface area contributed by atoms with Crippen LogP contribution in [-0.2, 0) is 6.42 Å². The Hall–Kier alpha value is -1.81. The normalized spacial score (nSPS) is 19.0. The summed E-state index contributed by atoms with van der Waals surface area (Å²) < 4.78 is 0. The summed E-state index contributed by atoms with van der Waals surface area (Å²) in [5, 5.41) is 11.2. The van der Waals surface area contributed by atoms with Crippen LogP contribution >= 0.6 is 23.2 Å². The fourth-order valence-electron chi connectivity index (χ4n) is 3.88. The van der Waals surface area contributed by atoms with Gasteiger partial charge in [0, 0.05) is 34.6 Å². The van der Waals surface area contributed by atoms with E-state index in [4.69, 9.17) is 23.2 Å². The van der Waals surface area contributed by atoms with Crippen LogP contribution in [-0.4, -0.2) is 35.6 Å². The lowest BCUT2D eigenvalue weighted by Crippen LogP contribution is -2.41. The lowest BCUT2D eigenvalue weighted by Gasteiger charge is -2.34. The second-order valence-electron chi connectivity index (χ2n) is 6.57. The van der Waals surface area contributed by atoms with Crippen LogP contribution in [0.5, 0.6) is 0 Å². The van der Waals surface area contributed by atoms with E-state index in [9.17, 15) is 9.90 Å². The SMILES string of the molecule is O=C(c1cccc(Cl)c1)N1CC2=C(c3cc(Cl)ccc3C2)C(CO)C1. The molecule has 0 saturated carbocycles. The van der Waals surface area contributed by atoms with E-state index in [1.807, 2.05) is 18.2 Å². The average Bonchev–Trinajstić information content (AvgIpc) is 2.98. The van der Waals surface area contributed by atoms with Crippen LogP contribution in [0.4, 0.5) is 0 Å². The number of aliphatic hydroxyl groups is 1. The molecule has 1 N–H and O–H groups in total. The van der Waals surface area contributed by atoms with Gasteiger partial charge in [0.25, 0.3) is 5.91 Å². The Kier molecular flexibility index (Phi) is 4.32. The summed E-state index contributed by atoms with van der Waals surface area (Å²) in [5.74, 6) is -0.145. The summed E-state index contributed by atoms with van der Waals surface area (Å²) in [5.41, 5.74) is 5.26. The molecule has 2 aromatic rings. The van der Waals surface area contributed by atoms with E-state index < -0.39 is 0 Å². The molecule has 1 aliphatic carbocycles. The molecule has 0 aromatic heterocycles. The Bertz CT molecular complexity index is 891. The van der Waals surface area contributed by atoms with Crippen molar-refractivity contribution in [2.24, 2.45) is 5.92 Å². The second kappa shape index (κ2) is 6.49. The molecule has 1 atom stereocenters. The first-order valence-corrected chi connectivity index (χ1v) is 8.99. The highest BCUT2D eigenvalue weighted by Gasteiger charge is 2.35. The number of amides is 1. The molecule has 0 radical (unpaired) electrons. The van der Waals surface area contributed by atoms with Crippen molar-refractivity contribution in [3.05, 3.63) is 74.8 Å². The predicted molar refractivity (Wildman–Crippen MR) is 100 cm³/mol. The fourth-order valence-corrected chi connectivity index (χ4v) is 4.24. The van der Waals surface area contributed by atoms with Crippen molar-refractivity contribution in [3.8, 4) is 0 Å². The Labute approximate surface area is 156 Å². The van der Waals surface area contributed by atoms with Gasteiger partial charge in [-0.05, 0) is 59.0 Å². The van der Waals surface area contributed by atoms with E-state index in [0.717, 1.165) is 17.6 Å². The number of nitrogens with zero attached hydrogens (tertiary/aromatic N) is 1. The van der Waals surface area contributed by atoms with Crippen LogP contribution in [0.25, 0.3) is 5.57 Å². The van der Waals surface area contributed by atoms with Gasteiger partial charge in [0.1, 0.15) is 0 Å². The number of halogens is 2. The molecule has 2 aliphatic rings. The summed E-state index contributed by atoms with van der Waals surface area (Å²) in [6.45, 7) is 1.07. The summed E-state index contributed by atoms with van der Waals surface area (Å²) in [4.78, 5) is 14.7.